The Hall–Kier alpha value is -1.49. The molecule has 0 fully saturated rings. The lowest BCUT2D eigenvalue weighted by Crippen LogP contribution is -2.07. The van der Waals surface area contributed by atoms with Crippen LogP contribution in [0.5, 0.6) is 0 Å². The van der Waals surface area contributed by atoms with E-state index in [1.165, 1.54) is 6.07 Å². The summed E-state index contributed by atoms with van der Waals surface area (Å²) in [4.78, 5) is 0. The van der Waals surface area contributed by atoms with E-state index in [0.717, 1.165) is 11.6 Å². The highest BCUT2D eigenvalue weighted by Gasteiger charge is 2.12. The van der Waals surface area contributed by atoms with Crippen molar-refractivity contribution in [1.82, 2.24) is 0 Å². The second-order valence-electron chi connectivity index (χ2n) is 3.53. The van der Waals surface area contributed by atoms with Crippen molar-refractivity contribution in [2.24, 2.45) is 0 Å². The summed E-state index contributed by atoms with van der Waals surface area (Å²) in [5.74, 6) is -3.79. The van der Waals surface area contributed by atoms with Crippen molar-refractivity contribution in [3.63, 3.8) is 0 Å². The smallest absolute Gasteiger partial charge is 0.196 e. The summed E-state index contributed by atoms with van der Waals surface area (Å²) >= 11 is 1.58. The molecule has 1 heterocycles. The molecule has 0 aliphatic rings. The van der Waals surface area contributed by atoms with Crippen LogP contribution in [0.2, 0.25) is 0 Å². The third-order valence-corrected chi connectivity index (χ3v) is 3.08. The molecule has 0 bridgehead atoms. The highest BCUT2D eigenvalue weighted by Crippen LogP contribution is 2.19. The van der Waals surface area contributed by atoms with Crippen molar-refractivity contribution < 1.29 is 13.2 Å². The van der Waals surface area contributed by atoms with Gasteiger partial charge in [0.1, 0.15) is 0 Å². The van der Waals surface area contributed by atoms with E-state index in [-0.39, 0.29) is 5.69 Å². The van der Waals surface area contributed by atoms with Crippen molar-refractivity contribution in [3.8, 4) is 0 Å². The highest BCUT2D eigenvalue weighted by molar-refractivity contribution is 7.07. The van der Waals surface area contributed by atoms with E-state index in [0.29, 0.717) is 13.0 Å². The fraction of sp³-hybridized carbons (Fsp3) is 0.167. The first-order valence-electron chi connectivity index (χ1n) is 5.07. The third-order valence-electron chi connectivity index (χ3n) is 2.34. The Bertz CT molecular complexity index is 497. The first-order valence-corrected chi connectivity index (χ1v) is 6.01. The summed E-state index contributed by atoms with van der Waals surface area (Å²) in [6.07, 6.45) is 0.710. The topological polar surface area (TPSA) is 12.0 Å². The van der Waals surface area contributed by atoms with E-state index in [9.17, 15) is 13.2 Å². The fourth-order valence-corrected chi connectivity index (χ4v) is 2.14. The quantitative estimate of drug-likeness (QED) is 0.821. The number of hydrogen-bond acceptors (Lipinski definition) is 2. The maximum absolute atomic E-state index is 13.3. The van der Waals surface area contributed by atoms with Crippen LogP contribution in [-0.4, -0.2) is 6.54 Å². The number of nitrogens with one attached hydrogen (secondary N) is 1. The van der Waals surface area contributed by atoms with Gasteiger partial charge in [-0.25, -0.2) is 13.2 Å². The van der Waals surface area contributed by atoms with Gasteiger partial charge in [0, 0.05) is 6.54 Å². The minimum Gasteiger partial charge on any atom is -0.382 e. The minimum atomic E-state index is -1.44. The molecule has 0 saturated heterocycles. The molecular weight excluding hydrogens is 247 g/mol. The lowest BCUT2D eigenvalue weighted by atomic mass is 10.2. The van der Waals surface area contributed by atoms with E-state index in [2.05, 4.69) is 5.32 Å². The van der Waals surface area contributed by atoms with Gasteiger partial charge in [0.2, 0.25) is 0 Å². The summed E-state index contributed by atoms with van der Waals surface area (Å²) in [7, 11) is 0. The Morgan fingerprint density at radius 1 is 1.06 bits per heavy atom. The van der Waals surface area contributed by atoms with Crippen LogP contribution in [-0.2, 0) is 6.42 Å². The maximum Gasteiger partial charge on any atom is 0.196 e. The van der Waals surface area contributed by atoms with Crippen LogP contribution in [0.4, 0.5) is 18.9 Å². The predicted molar refractivity (Wildman–Crippen MR) is 62.8 cm³/mol. The van der Waals surface area contributed by atoms with E-state index >= 15 is 0 Å². The predicted octanol–water partition coefficient (Wildman–Crippen LogP) is 3.82. The van der Waals surface area contributed by atoms with Gasteiger partial charge in [0.05, 0.1) is 5.69 Å². The van der Waals surface area contributed by atoms with Crippen molar-refractivity contribution in [3.05, 3.63) is 52.0 Å². The van der Waals surface area contributed by atoms with Gasteiger partial charge in [-0.2, -0.15) is 11.3 Å². The highest BCUT2D eigenvalue weighted by atomic mass is 32.1. The second-order valence-corrected chi connectivity index (χ2v) is 4.31. The monoisotopic (exact) mass is 257 g/mol. The minimum absolute atomic E-state index is 0.0147. The van der Waals surface area contributed by atoms with E-state index in [4.69, 9.17) is 0 Å². The molecule has 0 aliphatic carbocycles. The number of halogens is 3. The fourth-order valence-electron chi connectivity index (χ4n) is 1.44. The molecule has 0 radical (unpaired) electrons. The molecule has 1 aromatic carbocycles. The molecule has 90 valence electrons. The van der Waals surface area contributed by atoms with Crippen molar-refractivity contribution in [2.45, 2.75) is 6.42 Å². The van der Waals surface area contributed by atoms with E-state index < -0.39 is 17.5 Å². The Morgan fingerprint density at radius 3 is 2.59 bits per heavy atom. The van der Waals surface area contributed by atoms with Gasteiger partial charge in [0.25, 0.3) is 0 Å². The Morgan fingerprint density at radius 2 is 1.88 bits per heavy atom. The summed E-state index contributed by atoms with van der Waals surface area (Å²) in [6.45, 7) is 0.471. The summed E-state index contributed by atoms with van der Waals surface area (Å²) in [5.41, 5.74) is 1.12. The summed E-state index contributed by atoms with van der Waals surface area (Å²) in [5, 5.41) is 6.68. The molecular formula is C12H10F3NS. The molecule has 1 nitrogen and oxygen atoms in total. The van der Waals surface area contributed by atoms with Gasteiger partial charge < -0.3 is 5.32 Å². The standard InChI is InChI=1S/C12H10F3NS/c13-9-1-2-10(12(15)11(9)14)16-5-3-8-4-6-17-7-8/h1-2,4,6-7,16H,3,5H2. The molecule has 0 aliphatic heterocycles. The SMILES string of the molecule is Fc1ccc(NCCc2ccsc2)c(F)c1F. The van der Waals surface area contributed by atoms with Crippen LogP contribution in [0, 0.1) is 17.5 Å². The van der Waals surface area contributed by atoms with Gasteiger partial charge >= 0.3 is 0 Å². The molecule has 0 unspecified atom stereocenters. The molecule has 1 aromatic heterocycles. The number of hydrogen-bond donors (Lipinski definition) is 1. The van der Waals surface area contributed by atoms with Crippen LogP contribution in [0.3, 0.4) is 0 Å². The summed E-state index contributed by atoms with van der Waals surface area (Å²) < 4.78 is 38.8. The van der Waals surface area contributed by atoms with Crippen LogP contribution < -0.4 is 5.32 Å². The lowest BCUT2D eigenvalue weighted by molar-refractivity contribution is 0.449. The number of rotatable bonds is 4. The second kappa shape index (κ2) is 5.23. The maximum atomic E-state index is 13.3. The molecule has 1 N–H and O–H groups in total. The third kappa shape index (κ3) is 2.79. The molecule has 0 saturated carbocycles. The number of anilines is 1. The van der Waals surface area contributed by atoms with Crippen LogP contribution >= 0.6 is 11.3 Å². The van der Waals surface area contributed by atoms with Gasteiger partial charge in [-0.1, -0.05) is 0 Å². The van der Waals surface area contributed by atoms with Gasteiger partial charge in [-0.15, -0.1) is 0 Å². The van der Waals surface area contributed by atoms with Crippen LogP contribution in [0.15, 0.2) is 29.0 Å². The largest absolute Gasteiger partial charge is 0.382 e. The van der Waals surface area contributed by atoms with Gasteiger partial charge in [-0.3, -0.25) is 0 Å². The first kappa shape index (κ1) is 12.0. The van der Waals surface area contributed by atoms with Crippen molar-refractivity contribution >= 4 is 17.0 Å². The lowest BCUT2D eigenvalue weighted by Gasteiger charge is -2.07. The van der Waals surface area contributed by atoms with Crippen LogP contribution in [0.1, 0.15) is 5.56 Å². The van der Waals surface area contributed by atoms with Crippen molar-refractivity contribution in [1.29, 1.82) is 0 Å². The zero-order valence-electron chi connectivity index (χ0n) is 8.84. The Labute approximate surface area is 101 Å². The average Bonchev–Trinajstić information content (AvgIpc) is 2.82. The summed E-state index contributed by atoms with van der Waals surface area (Å²) in [6, 6.07) is 4.07. The molecule has 2 aromatic rings. The molecule has 0 amide bonds. The first-order chi connectivity index (χ1) is 8.18. The average molecular weight is 257 g/mol. The Balaban J connectivity index is 1.97. The van der Waals surface area contributed by atoms with E-state index in [1.54, 1.807) is 11.3 Å². The zero-order valence-corrected chi connectivity index (χ0v) is 9.66. The Kier molecular flexibility index (Phi) is 3.68. The molecule has 17 heavy (non-hydrogen) atoms. The zero-order chi connectivity index (χ0) is 12.3. The molecule has 0 spiro atoms. The molecule has 0 atom stereocenters. The molecule has 2 rings (SSSR count). The molecule has 5 heteroatoms. The van der Waals surface area contributed by atoms with Crippen molar-refractivity contribution in [2.75, 3.05) is 11.9 Å². The normalized spacial score (nSPS) is 10.5. The number of benzene rings is 1. The van der Waals surface area contributed by atoms with Gasteiger partial charge in [-0.05, 0) is 40.9 Å². The van der Waals surface area contributed by atoms with Crippen LogP contribution in [0.25, 0.3) is 0 Å². The number of thiophene rings is 1. The van der Waals surface area contributed by atoms with E-state index in [1.807, 2.05) is 16.8 Å². The van der Waals surface area contributed by atoms with Gasteiger partial charge in [0.15, 0.2) is 17.5 Å².